The van der Waals surface area contributed by atoms with Crippen LogP contribution in [0.1, 0.15) is 31.7 Å². The van der Waals surface area contributed by atoms with Crippen LogP contribution in [0.2, 0.25) is 0 Å². The van der Waals surface area contributed by atoms with Crippen LogP contribution < -0.4 is 5.32 Å². The summed E-state index contributed by atoms with van der Waals surface area (Å²) >= 11 is 0. The average molecular weight is 277 g/mol. The Morgan fingerprint density at radius 2 is 2.40 bits per heavy atom. The van der Waals surface area contributed by atoms with Gasteiger partial charge in [0, 0.05) is 39.4 Å². The Hall–Kier alpha value is -1.52. The second-order valence-electron chi connectivity index (χ2n) is 5.80. The SMILES string of the molecule is CN=C(NCCCn1cc(C)cn1)N1CCCC(C)C1. The Bertz CT molecular complexity index is 437. The Labute approximate surface area is 122 Å². The van der Waals surface area contributed by atoms with Crippen molar-refractivity contribution in [2.24, 2.45) is 10.9 Å². The number of guanidine groups is 1. The van der Waals surface area contributed by atoms with E-state index in [1.165, 1.54) is 18.4 Å². The highest BCUT2D eigenvalue weighted by Gasteiger charge is 2.18. The zero-order valence-corrected chi connectivity index (χ0v) is 13.0. The molecule has 1 fully saturated rings. The molecular weight excluding hydrogens is 250 g/mol. The molecule has 2 rings (SSSR count). The number of nitrogens with zero attached hydrogens (tertiary/aromatic N) is 4. The molecule has 20 heavy (non-hydrogen) atoms. The number of hydrogen-bond acceptors (Lipinski definition) is 2. The minimum Gasteiger partial charge on any atom is -0.356 e. The van der Waals surface area contributed by atoms with E-state index in [0.717, 1.165) is 44.5 Å². The van der Waals surface area contributed by atoms with Crippen molar-refractivity contribution in [2.45, 2.75) is 39.7 Å². The van der Waals surface area contributed by atoms with Crippen LogP contribution in [0.25, 0.3) is 0 Å². The van der Waals surface area contributed by atoms with Crippen LogP contribution in [0.4, 0.5) is 0 Å². The normalized spacial score (nSPS) is 20.2. The minimum absolute atomic E-state index is 0.773. The van der Waals surface area contributed by atoms with E-state index in [1.807, 2.05) is 17.9 Å². The quantitative estimate of drug-likeness (QED) is 0.519. The van der Waals surface area contributed by atoms with Gasteiger partial charge in [-0.15, -0.1) is 0 Å². The second kappa shape index (κ2) is 7.31. The molecule has 1 aromatic rings. The highest BCUT2D eigenvalue weighted by Crippen LogP contribution is 2.15. The summed E-state index contributed by atoms with van der Waals surface area (Å²) < 4.78 is 2.00. The monoisotopic (exact) mass is 277 g/mol. The van der Waals surface area contributed by atoms with Gasteiger partial charge < -0.3 is 10.2 Å². The lowest BCUT2D eigenvalue weighted by Crippen LogP contribution is -2.46. The van der Waals surface area contributed by atoms with Crippen LogP contribution in [-0.2, 0) is 6.54 Å². The molecule has 0 radical (unpaired) electrons. The number of rotatable bonds is 4. The number of aryl methyl sites for hydroxylation is 2. The van der Waals surface area contributed by atoms with Crippen molar-refractivity contribution in [2.75, 3.05) is 26.7 Å². The molecule has 0 bridgehead atoms. The molecular formula is C15H27N5. The Balaban J connectivity index is 1.71. The fraction of sp³-hybridized carbons (Fsp3) is 0.733. The molecule has 1 N–H and O–H groups in total. The van der Waals surface area contributed by atoms with Gasteiger partial charge in [-0.1, -0.05) is 6.92 Å². The smallest absolute Gasteiger partial charge is 0.193 e. The first-order chi connectivity index (χ1) is 9.69. The zero-order valence-electron chi connectivity index (χ0n) is 13.0. The molecule has 5 nitrogen and oxygen atoms in total. The molecule has 0 aliphatic carbocycles. The van der Waals surface area contributed by atoms with Gasteiger partial charge in [0.15, 0.2) is 5.96 Å². The predicted molar refractivity (Wildman–Crippen MR) is 82.9 cm³/mol. The van der Waals surface area contributed by atoms with Crippen LogP contribution in [-0.4, -0.2) is 47.3 Å². The molecule has 1 unspecified atom stereocenters. The summed E-state index contributed by atoms with van der Waals surface area (Å²) in [7, 11) is 1.87. The van der Waals surface area contributed by atoms with E-state index in [9.17, 15) is 0 Å². The number of likely N-dealkylation sites (tertiary alicyclic amines) is 1. The lowest BCUT2D eigenvalue weighted by atomic mass is 10.0. The van der Waals surface area contributed by atoms with Crippen molar-refractivity contribution in [3.63, 3.8) is 0 Å². The maximum atomic E-state index is 4.40. The maximum Gasteiger partial charge on any atom is 0.193 e. The molecule has 1 aliphatic rings. The summed E-state index contributed by atoms with van der Waals surface area (Å²) in [6.45, 7) is 8.53. The van der Waals surface area contributed by atoms with E-state index in [0.29, 0.717) is 0 Å². The standard InChI is InChI=1S/C15H27N5/c1-13-6-4-8-19(11-13)15(16-3)17-7-5-9-20-12-14(2)10-18-20/h10,12-13H,4-9,11H2,1-3H3,(H,16,17). The number of piperidine rings is 1. The Morgan fingerprint density at radius 1 is 1.55 bits per heavy atom. The molecule has 5 heteroatoms. The summed E-state index contributed by atoms with van der Waals surface area (Å²) in [6.07, 6.45) is 7.66. The topological polar surface area (TPSA) is 45.5 Å². The highest BCUT2D eigenvalue weighted by atomic mass is 15.3. The van der Waals surface area contributed by atoms with Crippen molar-refractivity contribution >= 4 is 5.96 Å². The number of aliphatic imine (C=N–C) groups is 1. The van der Waals surface area contributed by atoms with E-state index >= 15 is 0 Å². The van der Waals surface area contributed by atoms with Crippen LogP contribution in [0.3, 0.4) is 0 Å². The molecule has 0 aromatic carbocycles. The fourth-order valence-corrected chi connectivity index (χ4v) is 2.74. The molecule has 1 aromatic heterocycles. The van der Waals surface area contributed by atoms with Crippen molar-refractivity contribution in [1.82, 2.24) is 20.0 Å². The number of hydrogen-bond donors (Lipinski definition) is 1. The van der Waals surface area contributed by atoms with E-state index < -0.39 is 0 Å². The average Bonchev–Trinajstić information content (AvgIpc) is 2.84. The maximum absolute atomic E-state index is 4.40. The molecule has 112 valence electrons. The Morgan fingerprint density at radius 3 is 3.05 bits per heavy atom. The van der Waals surface area contributed by atoms with Gasteiger partial charge in [-0.05, 0) is 37.7 Å². The second-order valence-corrected chi connectivity index (χ2v) is 5.80. The van der Waals surface area contributed by atoms with Gasteiger partial charge in [-0.2, -0.15) is 5.10 Å². The largest absolute Gasteiger partial charge is 0.356 e. The third-order valence-electron chi connectivity index (χ3n) is 3.78. The van der Waals surface area contributed by atoms with E-state index in [2.05, 4.69) is 40.4 Å². The third kappa shape index (κ3) is 4.25. The van der Waals surface area contributed by atoms with Crippen molar-refractivity contribution in [1.29, 1.82) is 0 Å². The van der Waals surface area contributed by atoms with Gasteiger partial charge in [0.05, 0.1) is 6.20 Å². The molecule has 1 saturated heterocycles. The van der Waals surface area contributed by atoms with E-state index in [1.54, 1.807) is 0 Å². The van der Waals surface area contributed by atoms with Crippen molar-refractivity contribution in [3.8, 4) is 0 Å². The zero-order chi connectivity index (χ0) is 14.4. The van der Waals surface area contributed by atoms with Gasteiger partial charge in [-0.3, -0.25) is 9.67 Å². The first-order valence-electron chi connectivity index (χ1n) is 7.63. The predicted octanol–water partition coefficient (Wildman–Crippen LogP) is 1.89. The minimum atomic E-state index is 0.773. The van der Waals surface area contributed by atoms with Gasteiger partial charge in [-0.25, -0.2) is 0 Å². The fourth-order valence-electron chi connectivity index (χ4n) is 2.74. The third-order valence-corrected chi connectivity index (χ3v) is 3.78. The summed E-state index contributed by atoms with van der Waals surface area (Å²) in [6, 6.07) is 0. The van der Waals surface area contributed by atoms with Crippen LogP contribution in [0.15, 0.2) is 17.4 Å². The molecule has 1 aliphatic heterocycles. The highest BCUT2D eigenvalue weighted by molar-refractivity contribution is 5.79. The first kappa shape index (κ1) is 14.9. The lowest BCUT2D eigenvalue weighted by molar-refractivity contribution is 0.266. The number of nitrogens with one attached hydrogen (secondary N) is 1. The van der Waals surface area contributed by atoms with Crippen LogP contribution in [0, 0.1) is 12.8 Å². The molecule has 2 heterocycles. The van der Waals surface area contributed by atoms with Gasteiger partial charge in [0.2, 0.25) is 0 Å². The van der Waals surface area contributed by atoms with Crippen LogP contribution >= 0.6 is 0 Å². The summed E-state index contributed by atoms with van der Waals surface area (Å²) in [4.78, 5) is 6.79. The van der Waals surface area contributed by atoms with Gasteiger partial charge >= 0.3 is 0 Å². The van der Waals surface area contributed by atoms with E-state index in [-0.39, 0.29) is 0 Å². The summed E-state index contributed by atoms with van der Waals surface area (Å²) in [5.74, 6) is 1.82. The van der Waals surface area contributed by atoms with Gasteiger partial charge in [0.25, 0.3) is 0 Å². The van der Waals surface area contributed by atoms with Crippen LogP contribution in [0.5, 0.6) is 0 Å². The Kier molecular flexibility index (Phi) is 5.44. The lowest BCUT2D eigenvalue weighted by Gasteiger charge is -2.33. The molecule has 1 atom stereocenters. The van der Waals surface area contributed by atoms with E-state index in [4.69, 9.17) is 0 Å². The first-order valence-corrected chi connectivity index (χ1v) is 7.63. The van der Waals surface area contributed by atoms with Crippen molar-refractivity contribution in [3.05, 3.63) is 18.0 Å². The number of aromatic nitrogens is 2. The molecule has 0 amide bonds. The summed E-state index contributed by atoms with van der Waals surface area (Å²) in [5, 5.41) is 7.77. The molecule has 0 spiro atoms. The molecule has 0 saturated carbocycles. The summed E-state index contributed by atoms with van der Waals surface area (Å²) in [5.41, 5.74) is 1.22. The van der Waals surface area contributed by atoms with Gasteiger partial charge in [0.1, 0.15) is 0 Å². The van der Waals surface area contributed by atoms with Crippen molar-refractivity contribution < 1.29 is 0 Å².